The fourth-order valence-corrected chi connectivity index (χ4v) is 11.0. The Bertz CT molecular complexity index is 2930. The van der Waals surface area contributed by atoms with Crippen LogP contribution in [-0.2, 0) is 23.9 Å². The number of hydrazine groups is 1. The third-order valence-electron chi connectivity index (χ3n) is 12.3. The first-order valence-corrected chi connectivity index (χ1v) is 25.7. The SMILES string of the molecule is CC1c2cc(OC(=O)OCCSSCC(NC(=O)C(CC(=O)O)NC(=O)C(N)CNN)C(=O)O)c3ccccc3c2C(CCCl)CCC1C(=O)c1cc2cc(NC(=O)c3cc4ccccc4[nH]3)ccc2[nH]1. The zero-order chi connectivity index (χ0) is 50.8. The normalized spacial score (nSPS) is 16.8. The third kappa shape index (κ3) is 12.8. The summed E-state index contributed by atoms with van der Waals surface area (Å²) >= 11 is 6.40. The van der Waals surface area contributed by atoms with E-state index in [0.717, 1.165) is 59.9 Å². The quantitative estimate of drug-likeness (QED) is 0.00406. The van der Waals surface area contributed by atoms with Gasteiger partial charge in [0.25, 0.3) is 5.91 Å². The highest BCUT2D eigenvalue weighted by Gasteiger charge is 2.36. The van der Waals surface area contributed by atoms with Gasteiger partial charge >= 0.3 is 18.1 Å². The van der Waals surface area contributed by atoms with Crippen molar-refractivity contribution in [3.8, 4) is 5.75 Å². The second kappa shape index (κ2) is 24.0. The standard InChI is InChI=1S/C49H53ClN8O11S2/c1-25-30(44(61)37-20-28-18-29(11-13-36(28)55-37)54-46(63)38-19-27-6-2-5-9-35(27)56-38)12-10-26(14-15-50)43-32-8-4-3-7-31(32)41(21-33(25)43)69-49(67)68-16-17-70-71-24-40(48(65)66)58-47(64)39(22-42(59)60)57-45(62)34(51)23-53-52/h2-9,11,13,18-21,25-26,30,34,39-40,53,55-56H,10,12,14-17,22-24,51-52H2,1H3,(H,54,63)(H,57,62)(H,58,64)(H,59,60)(H,65,66). The molecule has 0 saturated carbocycles. The number of amides is 3. The second-order valence-corrected chi connectivity index (χ2v) is 20.0. The Balaban J connectivity index is 0.991. The number of carbonyl (C=O) groups is 7. The van der Waals surface area contributed by atoms with E-state index in [2.05, 4.69) is 31.3 Å². The minimum atomic E-state index is -1.61. The summed E-state index contributed by atoms with van der Waals surface area (Å²) in [6.45, 7) is 1.71. The van der Waals surface area contributed by atoms with Gasteiger partial charge in [0, 0.05) is 62.7 Å². The van der Waals surface area contributed by atoms with Crippen LogP contribution in [-0.4, -0.2) is 110 Å². The smallest absolute Gasteiger partial charge is 0.481 e. The number of hydrogen-bond acceptors (Lipinski definition) is 14. The number of para-hydroxylation sites is 1. The zero-order valence-corrected chi connectivity index (χ0v) is 40.7. The molecule has 6 unspecified atom stereocenters. The topological polar surface area (TPSA) is 310 Å². The number of aromatic nitrogens is 2. The van der Waals surface area contributed by atoms with E-state index in [4.69, 9.17) is 32.7 Å². The van der Waals surface area contributed by atoms with Gasteiger partial charge in [-0.05, 0) is 90.1 Å². The minimum Gasteiger partial charge on any atom is -0.481 e. The Morgan fingerprint density at radius 3 is 2.27 bits per heavy atom. The summed E-state index contributed by atoms with van der Waals surface area (Å²) in [6.07, 6.45) is 0.119. The first-order valence-electron chi connectivity index (χ1n) is 22.7. The van der Waals surface area contributed by atoms with Crippen molar-refractivity contribution in [2.45, 2.75) is 62.6 Å². The van der Waals surface area contributed by atoms with Gasteiger partial charge in [-0.15, -0.1) is 11.6 Å². The number of fused-ring (bicyclic) bond motifs is 5. The molecule has 1 aliphatic carbocycles. The number of nitrogens with one attached hydrogen (secondary N) is 6. The lowest BCUT2D eigenvalue weighted by Gasteiger charge is -2.24. The molecule has 0 radical (unpaired) electrons. The van der Waals surface area contributed by atoms with Crippen LogP contribution in [0.1, 0.15) is 76.5 Å². The summed E-state index contributed by atoms with van der Waals surface area (Å²) in [5, 5.41) is 29.7. The number of H-pyrrole nitrogens is 2. The molecule has 4 aromatic carbocycles. The van der Waals surface area contributed by atoms with Crippen LogP contribution in [0.4, 0.5) is 10.5 Å². The number of aliphatic carboxylic acids is 2. The number of carboxylic acid groups (broad SMARTS) is 2. The van der Waals surface area contributed by atoms with Gasteiger partial charge in [0.2, 0.25) is 11.8 Å². The molecule has 19 nitrogen and oxygen atoms in total. The van der Waals surface area contributed by atoms with Crippen molar-refractivity contribution in [1.82, 2.24) is 26.0 Å². The maximum atomic E-state index is 14.6. The molecule has 2 heterocycles. The van der Waals surface area contributed by atoms with Crippen molar-refractivity contribution in [2.24, 2.45) is 17.5 Å². The average molecular weight is 1030 g/mol. The van der Waals surface area contributed by atoms with E-state index < -0.39 is 60.4 Å². The van der Waals surface area contributed by atoms with Gasteiger partial charge in [-0.2, -0.15) is 0 Å². The number of benzene rings is 4. The van der Waals surface area contributed by atoms with Crippen molar-refractivity contribution in [1.29, 1.82) is 0 Å². The van der Waals surface area contributed by atoms with Crippen molar-refractivity contribution in [3.63, 3.8) is 0 Å². The highest BCUT2D eigenvalue weighted by Crippen LogP contribution is 2.48. The number of hydrogen-bond donors (Lipinski definition) is 10. The van der Waals surface area contributed by atoms with Crippen LogP contribution in [0.25, 0.3) is 32.6 Å². The molecule has 1 aliphatic rings. The molecule has 6 atom stereocenters. The number of carboxylic acids is 2. The second-order valence-electron chi connectivity index (χ2n) is 17.0. The molecule has 12 N–H and O–H groups in total. The number of aromatic amines is 2. The molecule has 2 aromatic heterocycles. The van der Waals surface area contributed by atoms with E-state index in [0.29, 0.717) is 47.6 Å². The van der Waals surface area contributed by atoms with Crippen LogP contribution in [0.5, 0.6) is 5.75 Å². The van der Waals surface area contributed by atoms with E-state index in [1.54, 1.807) is 18.2 Å². The molecule has 6 aromatic rings. The van der Waals surface area contributed by atoms with Crippen LogP contribution in [0.2, 0.25) is 0 Å². The molecule has 0 fully saturated rings. The summed E-state index contributed by atoms with van der Waals surface area (Å²) in [5.74, 6) is 0.00272. The highest BCUT2D eigenvalue weighted by atomic mass is 35.5. The average Bonchev–Trinajstić information content (AvgIpc) is 3.95. The summed E-state index contributed by atoms with van der Waals surface area (Å²) in [5.41, 5.74) is 12.8. The van der Waals surface area contributed by atoms with Crippen LogP contribution in [0.3, 0.4) is 0 Å². The lowest BCUT2D eigenvalue weighted by atomic mass is 9.80. The predicted molar refractivity (Wildman–Crippen MR) is 273 cm³/mol. The molecular formula is C49H53ClN8O11S2. The number of alkyl halides is 1. The lowest BCUT2D eigenvalue weighted by molar-refractivity contribution is -0.143. The number of ether oxygens (including phenoxy) is 2. The van der Waals surface area contributed by atoms with Crippen molar-refractivity contribution in [3.05, 3.63) is 107 Å². The number of ketones is 1. The molecule has 0 saturated heterocycles. The van der Waals surface area contributed by atoms with Crippen molar-refractivity contribution >= 4 is 113 Å². The van der Waals surface area contributed by atoms with Gasteiger partial charge < -0.3 is 51.3 Å². The van der Waals surface area contributed by atoms with Crippen molar-refractivity contribution < 1.29 is 53.2 Å². The number of Topliss-reactive ketones (excluding diaryl/α,β-unsaturated/α-hetero) is 1. The van der Waals surface area contributed by atoms with Gasteiger partial charge in [-0.3, -0.25) is 35.2 Å². The maximum absolute atomic E-state index is 14.6. The van der Waals surface area contributed by atoms with E-state index in [9.17, 15) is 43.8 Å². The van der Waals surface area contributed by atoms with Gasteiger partial charge in [0.1, 0.15) is 30.1 Å². The van der Waals surface area contributed by atoms with Gasteiger partial charge in [-0.1, -0.05) is 71.0 Å². The predicted octanol–water partition coefficient (Wildman–Crippen LogP) is 6.38. The number of anilines is 1. The monoisotopic (exact) mass is 1030 g/mol. The van der Waals surface area contributed by atoms with Crippen LogP contribution in [0.15, 0.2) is 84.9 Å². The fourth-order valence-electron chi connectivity index (χ4n) is 8.79. The van der Waals surface area contributed by atoms with Crippen LogP contribution in [0, 0.1) is 5.92 Å². The van der Waals surface area contributed by atoms with E-state index in [1.165, 1.54) is 0 Å². The van der Waals surface area contributed by atoms with Crippen LogP contribution >= 0.6 is 33.2 Å². The van der Waals surface area contributed by atoms with E-state index >= 15 is 0 Å². The number of halogens is 1. The van der Waals surface area contributed by atoms with Crippen LogP contribution < -0.4 is 37.7 Å². The van der Waals surface area contributed by atoms with E-state index in [-0.39, 0.29) is 53.9 Å². The summed E-state index contributed by atoms with van der Waals surface area (Å²) in [7, 11) is 2.21. The third-order valence-corrected chi connectivity index (χ3v) is 14.9. The Kier molecular flexibility index (Phi) is 17.6. The molecule has 0 aliphatic heterocycles. The Morgan fingerprint density at radius 2 is 1.54 bits per heavy atom. The lowest BCUT2D eigenvalue weighted by Crippen LogP contribution is -2.57. The maximum Gasteiger partial charge on any atom is 0.513 e. The van der Waals surface area contributed by atoms with Gasteiger partial charge in [0.15, 0.2) is 5.78 Å². The number of carbonyl (C=O) groups excluding carboxylic acids is 5. The van der Waals surface area contributed by atoms with E-state index in [1.807, 2.05) is 73.7 Å². The molecule has 22 heteroatoms. The summed E-state index contributed by atoms with van der Waals surface area (Å²) < 4.78 is 11.3. The van der Waals surface area contributed by atoms with Gasteiger partial charge in [-0.25, -0.2) is 9.59 Å². The first-order chi connectivity index (χ1) is 34.1. The number of rotatable bonds is 22. The Hall–Kier alpha value is -6.62. The minimum absolute atomic E-state index is 0.0126. The molecule has 3 amide bonds. The molecule has 71 heavy (non-hydrogen) atoms. The number of nitrogens with two attached hydrogens (primary N) is 2. The highest BCUT2D eigenvalue weighted by molar-refractivity contribution is 8.76. The summed E-state index contributed by atoms with van der Waals surface area (Å²) in [4.78, 5) is 96.0. The molecule has 0 spiro atoms. The molecule has 374 valence electrons. The first kappa shape index (κ1) is 52.2. The van der Waals surface area contributed by atoms with Gasteiger partial charge in [0.05, 0.1) is 18.2 Å². The zero-order valence-electron chi connectivity index (χ0n) is 38.3. The fraction of sp³-hybridized carbons (Fsp3) is 0.327. The van der Waals surface area contributed by atoms with Crippen molar-refractivity contribution in [2.75, 3.05) is 35.9 Å². The molecule has 0 bridgehead atoms. The Morgan fingerprint density at radius 1 is 0.831 bits per heavy atom. The molecular weight excluding hydrogens is 976 g/mol. The Labute approximate surface area is 419 Å². The summed E-state index contributed by atoms with van der Waals surface area (Å²) in [6, 6.07) is 21.8. The largest absolute Gasteiger partial charge is 0.513 e. The molecule has 7 rings (SSSR count).